The average Bonchev–Trinajstić information content (AvgIpc) is 2.34. The van der Waals surface area contributed by atoms with Crippen LogP contribution in [0.25, 0.3) is 0 Å². The lowest BCUT2D eigenvalue weighted by molar-refractivity contribution is 0.753. The summed E-state index contributed by atoms with van der Waals surface area (Å²) in [6.45, 7) is 7.00. The Labute approximate surface area is 108 Å². The number of hydrogen-bond donors (Lipinski definition) is 0. The molecule has 0 atom stereocenters. The minimum Gasteiger partial charge on any atom is -0.311 e. The Kier molecular flexibility index (Phi) is 3.66. The van der Waals surface area contributed by atoms with Crippen molar-refractivity contribution >= 4 is 0 Å². The van der Waals surface area contributed by atoms with Gasteiger partial charge in [0.2, 0.25) is 0 Å². The molecule has 2 nitrogen and oxygen atoms in total. The number of aromatic nitrogens is 1. The summed E-state index contributed by atoms with van der Waals surface area (Å²) in [6, 6.07) is 12.0. The van der Waals surface area contributed by atoms with E-state index in [-0.39, 0.29) is 5.56 Å². The number of nitrogens with zero attached hydrogens (tertiary/aromatic N) is 1. The smallest absolute Gasteiger partial charge is 0.250 e. The molecule has 94 valence electrons. The predicted molar refractivity (Wildman–Crippen MR) is 75.1 cm³/mol. The van der Waals surface area contributed by atoms with Gasteiger partial charge in [0, 0.05) is 12.3 Å². The van der Waals surface area contributed by atoms with Crippen LogP contribution >= 0.6 is 0 Å². The van der Waals surface area contributed by atoms with E-state index in [1.54, 1.807) is 10.6 Å². The summed E-state index contributed by atoms with van der Waals surface area (Å²) < 4.78 is 1.75. The van der Waals surface area contributed by atoms with Crippen LogP contribution in [0, 0.1) is 6.92 Å². The van der Waals surface area contributed by atoms with Crippen LogP contribution in [-0.4, -0.2) is 4.57 Å². The van der Waals surface area contributed by atoms with Gasteiger partial charge in [-0.3, -0.25) is 4.79 Å². The fourth-order valence-corrected chi connectivity index (χ4v) is 1.98. The highest BCUT2D eigenvalue weighted by molar-refractivity contribution is 5.25. The maximum Gasteiger partial charge on any atom is 0.250 e. The molecule has 1 heterocycles. The van der Waals surface area contributed by atoms with Crippen LogP contribution in [0.5, 0.6) is 0 Å². The minimum absolute atomic E-state index is 0.0496. The molecule has 0 saturated carbocycles. The summed E-state index contributed by atoms with van der Waals surface area (Å²) in [5.41, 5.74) is 3.64. The molecule has 0 spiro atoms. The molecule has 0 aliphatic heterocycles. The van der Waals surface area contributed by atoms with Crippen molar-refractivity contribution in [3.63, 3.8) is 0 Å². The lowest BCUT2D eigenvalue weighted by Gasteiger charge is -2.09. The van der Waals surface area contributed by atoms with E-state index in [4.69, 9.17) is 0 Å². The number of pyridine rings is 1. The van der Waals surface area contributed by atoms with E-state index in [2.05, 4.69) is 38.1 Å². The zero-order valence-corrected chi connectivity index (χ0v) is 11.2. The molecular formula is C16H19NO. The predicted octanol–water partition coefficient (Wildman–Crippen LogP) is 3.33. The first-order chi connectivity index (χ1) is 8.56. The van der Waals surface area contributed by atoms with Gasteiger partial charge in [0.05, 0.1) is 6.54 Å². The van der Waals surface area contributed by atoms with Crippen LogP contribution in [0.3, 0.4) is 0 Å². The highest BCUT2D eigenvalue weighted by Gasteiger charge is 2.01. The first kappa shape index (κ1) is 12.6. The highest BCUT2D eigenvalue weighted by Crippen LogP contribution is 2.15. The Balaban J connectivity index is 2.23. The van der Waals surface area contributed by atoms with Crippen molar-refractivity contribution in [1.82, 2.24) is 4.57 Å². The topological polar surface area (TPSA) is 22.0 Å². The maximum atomic E-state index is 11.7. The normalized spacial score (nSPS) is 10.9. The van der Waals surface area contributed by atoms with E-state index in [1.165, 1.54) is 5.56 Å². The summed E-state index contributed by atoms with van der Waals surface area (Å²) in [7, 11) is 0. The number of benzene rings is 1. The lowest BCUT2D eigenvalue weighted by atomic mass is 10.0. The number of aryl methyl sites for hydroxylation is 1. The first-order valence-electron chi connectivity index (χ1n) is 6.32. The summed E-state index contributed by atoms with van der Waals surface area (Å²) in [6.07, 6.45) is 1.90. The maximum absolute atomic E-state index is 11.7. The molecule has 0 aliphatic carbocycles. The van der Waals surface area contributed by atoms with E-state index in [1.807, 2.05) is 19.2 Å². The molecule has 1 aromatic heterocycles. The van der Waals surface area contributed by atoms with Crippen molar-refractivity contribution in [2.75, 3.05) is 0 Å². The van der Waals surface area contributed by atoms with Crippen molar-refractivity contribution in [3.05, 3.63) is 69.6 Å². The standard InChI is InChI=1S/C16H19NO/c1-12(2)15-7-5-14(6-8-15)11-17-10-13(3)4-9-16(17)18/h4-10,12H,11H2,1-3H3. The van der Waals surface area contributed by atoms with E-state index in [0.717, 1.165) is 11.1 Å². The third-order valence-electron chi connectivity index (χ3n) is 3.13. The van der Waals surface area contributed by atoms with Gasteiger partial charge in [-0.1, -0.05) is 44.2 Å². The van der Waals surface area contributed by atoms with Crippen molar-refractivity contribution in [2.24, 2.45) is 0 Å². The molecule has 1 aromatic carbocycles. The molecule has 0 N–H and O–H groups in total. The van der Waals surface area contributed by atoms with Crippen molar-refractivity contribution in [3.8, 4) is 0 Å². The largest absolute Gasteiger partial charge is 0.311 e. The quantitative estimate of drug-likeness (QED) is 0.808. The van der Waals surface area contributed by atoms with Crippen LogP contribution in [0.4, 0.5) is 0 Å². The molecule has 2 rings (SSSR count). The Bertz CT molecular complexity index is 579. The summed E-state index contributed by atoms with van der Waals surface area (Å²) in [5.74, 6) is 0.542. The second kappa shape index (κ2) is 5.21. The first-order valence-corrected chi connectivity index (χ1v) is 6.32. The monoisotopic (exact) mass is 241 g/mol. The second-order valence-electron chi connectivity index (χ2n) is 5.07. The van der Waals surface area contributed by atoms with Gasteiger partial charge in [0.1, 0.15) is 0 Å². The fraction of sp³-hybridized carbons (Fsp3) is 0.312. The SMILES string of the molecule is Cc1ccc(=O)n(Cc2ccc(C(C)C)cc2)c1. The Morgan fingerprint density at radius 2 is 1.72 bits per heavy atom. The molecule has 2 aromatic rings. The third-order valence-corrected chi connectivity index (χ3v) is 3.13. The molecule has 0 unspecified atom stereocenters. The van der Waals surface area contributed by atoms with Gasteiger partial charge in [-0.25, -0.2) is 0 Å². The van der Waals surface area contributed by atoms with Crippen LogP contribution in [0.15, 0.2) is 47.4 Å². The molecular weight excluding hydrogens is 222 g/mol. The minimum atomic E-state index is 0.0496. The number of hydrogen-bond acceptors (Lipinski definition) is 1. The molecule has 0 fully saturated rings. The molecule has 18 heavy (non-hydrogen) atoms. The summed E-state index contributed by atoms with van der Waals surface area (Å²) in [4.78, 5) is 11.7. The van der Waals surface area contributed by atoms with Gasteiger partial charge < -0.3 is 4.57 Å². The number of rotatable bonds is 3. The van der Waals surface area contributed by atoms with E-state index >= 15 is 0 Å². The third kappa shape index (κ3) is 2.89. The molecule has 0 aliphatic rings. The molecule has 0 saturated heterocycles. The van der Waals surface area contributed by atoms with Crippen molar-refractivity contribution < 1.29 is 0 Å². The highest BCUT2D eigenvalue weighted by atomic mass is 16.1. The Morgan fingerprint density at radius 1 is 1.06 bits per heavy atom. The average molecular weight is 241 g/mol. The van der Waals surface area contributed by atoms with Gasteiger partial charge in [-0.2, -0.15) is 0 Å². The fourth-order valence-electron chi connectivity index (χ4n) is 1.98. The zero-order chi connectivity index (χ0) is 13.1. The van der Waals surface area contributed by atoms with Crippen molar-refractivity contribution in [1.29, 1.82) is 0 Å². The van der Waals surface area contributed by atoms with Crippen LogP contribution < -0.4 is 5.56 Å². The van der Waals surface area contributed by atoms with Crippen LogP contribution in [0.1, 0.15) is 36.5 Å². The van der Waals surface area contributed by atoms with Gasteiger partial charge >= 0.3 is 0 Å². The molecule has 2 heteroatoms. The molecule has 0 amide bonds. The summed E-state index contributed by atoms with van der Waals surface area (Å²) in [5, 5.41) is 0. The van der Waals surface area contributed by atoms with Gasteiger partial charge in [-0.15, -0.1) is 0 Å². The Hall–Kier alpha value is -1.83. The molecule has 0 radical (unpaired) electrons. The van der Waals surface area contributed by atoms with Gasteiger partial charge in [0.25, 0.3) is 5.56 Å². The Morgan fingerprint density at radius 3 is 2.33 bits per heavy atom. The van der Waals surface area contributed by atoms with E-state index in [9.17, 15) is 4.79 Å². The molecule has 0 bridgehead atoms. The van der Waals surface area contributed by atoms with Crippen molar-refractivity contribution in [2.45, 2.75) is 33.2 Å². The zero-order valence-electron chi connectivity index (χ0n) is 11.2. The van der Waals surface area contributed by atoms with Gasteiger partial charge in [0.15, 0.2) is 0 Å². The lowest BCUT2D eigenvalue weighted by Crippen LogP contribution is -2.19. The van der Waals surface area contributed by atoms with Crippen LogP contribution in [-0.2, 0) is 6.54 Å². The summed E-state index contributed by atoms with van der Waals surface area (Å²) >= 11 is 0. The van der Waals surface area contributed by atoms with Crippen LogP contribution in [0.2, 0.25) is 0 Å². The van der Waals surface area contributed by atoms with E-state index in [0.29, 0.717) is 12.5 Å². The van der Waals surface area contributed by atoms with Gasteiger partial charge in [-0.05, 0) is 29.5 Å². The second-order valence-corrected chi connectivity index (χ2v) is 5.07. The van der Waals surface area contributed by atoms with E-state index < -0.39 is 0 Å².